The number of amides is 1. The summed E-state index contributed by atoms with van der Waals surface area (Å²) in [5.74, 6) is 0. The molecule has 0 radical (unpaired) electrons. The van der Waals surface area contributed by atoms with Crippen LogP contribution in [0, 0.1) is 0 Å². The standard InChI is InChI=1S/C25H28BrN3O2/c1-18(2)28-16-19(22-14-20(26)8-9-23(22)28)15-27-12-10-25(11-13-27)17-29(24(30)31-25)21-6-4-3-5-7-21/h3-9,14,16,18H,10-13,15,17H2,1-2H3. The zero-order valence-corrected chi connectivity index (χ0v) is 19.6. The van der Waals surface area contributed by atoms with Crippen molar-refractivity contribution in [3.63, 3.8) is 0 Å². The van der Waals surface area contributed by atoms with Gasteiger partial charge in [0.25, 0.3) is 0 Å². The highest BCUT2D eigenvalue weighted by Crippen LogP contribution is 2.36. The van der Waals surface area contributed by atoms with Crippen LogP contribution in [0.15, 0.2) is 59.2 Å². The topological polar surface area (TPSA) is 37.7 Å². The van der Waals surface area contributed by atoms with Gasteiger partial charge in [-0.2, -0.15) is 0 Å². The number of fused-ring (bicyclic) bond motifs is 1. The van der Waals surface area contributed by atoms with Crippen molar-refractivity contribution in [2.75, 3.05) is 24.5 Å². The number of benzene rings is 2. The molecule has 0 aliphatic carbocycles. The van der Waals surface area contributed by atoms with Gasteiger partial charge < -0.3 is 9.30 Å². The summed E-state index contributed by atoms with van der Waals surface area (Å²) in [4.78, 5) is 16.8. The van der Waals surface area contributed by atoms with Crippen LogP contribution >= 0.6 is 15.9 Å². The van der Waals surface area contributed by atoms with Gasteiger partial charge in [0.2, 0.25) is 0 Å². The number of anilines is 1. The Kier molecular flexibility index (Phi) is 5.30. The monoisotopic (exact) mass is 481 g/mol. The lowest BCUT2D eigenvalue weighted by Crippen LogP contribution is -2.46. The number of hydrogen-bond acceptors (Lipinski definition) is 3. The van der Waals surface area contributed by atoms with Gasteiger partial charge in [0.05, 0.1) is 6.54 Å². The average molecular weight is 482 g/mol. The normalized spacial score (nSPS) is 19.0. The van der Waals surface area contributed by atoms with Crippen molar-refractivity contribution in [2.24, 2.45) is 0 Å². The predicted octanol–water partition coefficient (Wildman–Crippen LogP) is 5.98. The van der Waals surface area contributed by atoms with E-state index in [1.807, 2.05) is 30.3 Å². The highest BCUT2D eigenvalue weighted by molar-refractivity contribution is 9.10. The van der Waals surface area contributed by atoms with E-state index in [4.69, 9.17) is 4.74 Å². The molecule has 1 aromatic heterocycles. The first-order chi connectivity index (χ1) is 14.9. The number of rotatable bonds is 4. The average Bonchev–Trinajstić information content (AvgIpc) is 3.28. The molecule has 0 atom stereocenters. The fourth-order valence-electron chi connectivity index (χ4n) is 4.90. The number of halogens is 1. The van der Waals surface area contributed by atoms with Gasteiger partial charge in [-0.3, -0.25) is 9.80 Å². The molecule has 3 heterocycles. The molecule has 0 bridgehead atoms. The number of ether oxygens (including phenoxy) is 1. The zero-order chi connectivity index (χ0) is 21.6. The van der Waals surface area contributed by atoms with Crippen molar-refractivity contribution < 1.29 is 9.53 Å². The molecule has 0 N–H and O–H groups in total. The second kappa shape index (κ2) is 7.99. The van der Waals surface area contributed by atoms with Gasteiger partial charge >= 0.3 is 6.09 Å². The minimum atomic E-state index is -0.363. The Labute approximate surface area is 191 Å². The third-order valence-corrected chi connectivity index (χ3v) is 7.13. The fourth-order valence-corrected chi connectivity index (χ4v) is 5.26. The number of nitrogens with zero attached hydrogens (tertiary/aromatic N) is 3. The molecule has 5 rings (SSSR count). The van der Waals surface area contributed by atoms with E-state index in [-0.39, 0.29) is 11.7 Å². The summed E-state index contributed by atoms with van der Waals surface area (Å²) >= 11 is 3.63. The minimum absolute atomic E-state index is 0.218. The third-order valence-electron chi connectivity index (χ3n) is 6.63. The first kappa shape index (κ1) is 20.6. The number of likely N-dealkylation sites (tertiary alicyclic amines) is 1. The lowest BCUT2D eigenvalue weighted by Gasteiger charge is -2.37. The largest absolute Gasteiger partial charge is 0.441 e. The Balaban J connectivity index is 1.30. The molecule has 2 aromatic carbocycles. The zero-order valence-electron chi connectivity index (χ0n) is 18.1. The van der Waals surface area contributed by atoms with Crippen LogP contribution in [0.25, 0.3) is 10.9 Å². The van der Waals surface area contributed by atoms with Crippen molar-refractivity contribution in [3.8, 4) is 0 Å². The van der Waals surface area contributed by atoms with Crippen LogP contribution in [-0.2, 0) is 11.3 Å². The molecule has 1 amide bonds. The Hall–Kier alpha value is -2.31. The number of carbonyl (C=O) groups is 1. The van der Waals surface area contributed by atoms with Gasteiger partial charge in [-0.05, 0) is 49.7 Å². The van der Waals surface area contributed by atoms with E-state index in [0.29, 0.717) is 12.6 Å². The molecule has 31 heavy (non-hydrogen) atoms. The van der Waals surface area contributed by atoms with Gasteiger partial charge in [-0.15, -0.1) is 0 Å². The van der Waals surface area contributed by atoms with E-state index < -0.39 is 0 Å². The molecule has 0 unspecified atom stereocenters. The van der Waals surface area contributed by atoms with Gasteiger partial charge in [-0.1, -0.05) is 34.1 Å². The molecule has 2 aliphatic heterocycles. The molecular weight excluding hydrogens is 454 g/mol. The van der Waals surface area contributed by atoms with E-state index >= 15 is 0 Å². The number of carbonyl (C=O) groups excluding carboxylic acids is 1. The smallest absolute Gasteiger partial charge is 0.415 e. The molecular formula is C25H28BrN3O2. The van der Waals surface area contributed by atoms with Crippen LogP contribution in [-0.4, -0.2) is 40.8 Å². The van der Waals surface area contributed by atoms with Crippen molar-refractivity contribution in [2.45, 2.75) is 44.9 Å². The molecule has 5 nitrogen and oxygen atoms in total. The summed E-state index contributed by atoms with van der Waals surface area (Å²) in [5, 5.41) is 1.31. The first-order valence-corrected chi connectivity index (χ1v) is 11.8. The summed E-state index contributed by atoms with van der Waals surface area (Å²) in [6.07, 6.45) is 3.83. The molecule has 2 saturated heterocycles. The fraction of sp³-hybridized carbons (Fsp3) is 0.400. The minimum Gasteiger partial charge on any atom is -0.441 e. The Bertz CT molecular complexity index is 1100. The summed E-state index contributed by atoms with van der Waals surface area (Å²) < 4.78 is 9.40. The van der Waals surface area contributed by atoms with E-state index in [1.165, 1.54) is 16.5 Å². The SMILES string of the molecule is CC(C)n1cc(CN2CCC3(CC2)CN(c2ccccc2)C(=O)O3)c2cc(Br)ccc21. The van der Waals surface area contributed by atoms with Crippen LogP contribution in [0.3, 0.4) is 0 Å². The summed E-state index contributed by atoms with van der Waals surface area (Å²) in [7, 11) is 0. The van der Waals surface area contributed by atoms with Gasteiger partial charge in [0.1, 0.15) is 5.60 Å². The Morgan fingerprint density at radius 1 is 1.10 bits per heavy atom. The van der Waals surface area contributed by atoms with Crippen molar-refractivity contribution in [3.05, 3.63) is 64.8 Å². The van der Waals surface area contributed by atoms with Crippen molar-refractivity contribution in [1.82, 2.24) is 9.47 Å². The highest BCUT2D eigenvalue weighted by Gasteiger charge is 2.47. The number of aromatic nitrogens is 1. The maximum atomic E-state index is 12.5. The second-order valence-corrected chi connectivity index (χ2v) is 9.98. The Morgan fingerprint density at radius 2 is 1.84 bits per heavy atom. The molecule has 162 valence electrons. The van der Waals surface area contributed by atoms with Crippen LogP contribution in [0.2, 0.25) is 0 Å². The quantitative estimate of drug-likeness (QED) is 0.460. The van der Waals surface area contributed by atoms with Gasteiger partial charge in [0.15, 0.2) is 0 Å². The lowest BCUT2D eigenvalue weighted by molar-refractivity contribution is -0.000889. The lowest BCUT2D eigenvalue weighted by atomic mass is 9.91. The highest BCUT2D eigenvalue weighted by atomic mass is 79.9. The van der Waals surface area contributed by atoms with Gasteiger partial charge in [0, 0.05) is 65.8 Å². The van der Waals surface area contributed by atoms with Crippen molar-refractivity contribution >= 4 is 38.6 Å². The summed E-state index contributed by atoms with van der Waals surface area (Å²) in [6, 6.07) is 16.8. The maximum Gasteiger partial charge on any atom is 0.415 e. The first-order valence-electron chi connectivity index (χ1n) is 11.0. The second-order valence-electron chi connectivity index (χ2n) is 9.07. The van der Waals surface area contributed by atoms with E-state index in [9.17, 15) is 4.79 Å². The Morgan fingerprint density at radius 3 is 2.55 bits per heavy atom. The number of para-hydroxylation sites is 1. The van der Waals surface area contributed by atoms with E-state index in [0.717, 1.165) is 42.6 Å². The molecule has 1 spiro atoms. The summed E-state index contributed by atoms with van der Waals surface area (Å²) in [5.41, 5.74) is 3.19. The third kappa shape index (κ3) is 3.87. The van der Waals surface area contributed by atoms with E-state index in [1.54, 1.807) is 4.90 Å². The van der Waals surface area contributed by atoms with Gasteiger partial charge in [-0.25, -0.2) is 4.79 Å². The molecule has 6 heteroatoms. The predicted molar refractivity (Wildman–Crippen MR) is 128 cm³/mol. The van der Waals surface area contributed by atoms with Crippen LogP contribution < -0.4 is 4.90 Å². The van der Waals surface area contributed by atoms with Crippen LogP contribution in [0.1, 0.15) is 38.3 Å². The number of hydrogen-bond donors (Lipinski definition) is 0. The molecule has 2 fully saturated rings. The summed E-state index contributed by atoms with van der Waals surface area (Å²) in [6.45, 7) is 7.87. The molecule has 0 saturated carbocycles. The van der Waals surface area contributed by atoms with Crippen LogP contribution in [0.4, 0.5) is 10.5 Å². The molecule has 2 aliphatic rings. The van der Waals surface area contributed by atoms with E-state index in [2.05, 4.69) is 63.6 Å². The van der Waals surface area contributed by atoms with Crippen molar-refractivity contribution in [1.29, 1.82) is 0 Å². The van der Waals surface area contributed by atoms with Crippen LogP contribution in [0.5, 0.6) is 0 Å². The number of piperidine rings is 1. The molecule has 3 aromatic rings. The maximum absolute atomic E-state index is 12.5.